The second-order valence-corrected chi connectivity index (χ2v) is 7.62. The Kier molecular flexibility index (Phi) is 4.25. The third-order valence-corrected chi connectivity index (χ3v) is 6.25. The molecule has 2 aliphatic heterocycles. The van der Waals surface area contributed by atoms with E-state index in [1.165, 1.54) is 31.4 Å². The van der Waals surface area contributed by atoms with E-state index in [2.05, 4.69) is 22.9 Å². The van der Waals surface area contributed by atoms with Crippen molar-refractivity contribution in [3.05, 3.63) is 29.8 Å². The molecule has 0 N–H and O–H groups in total. The molecule has 1 aromatic carbocycles. The van der Waals surface area contributed by atoms with Crippen LogP contribution in [0.15, 0.2) is 24.3 Å². The highest BCUT2D eigenvalue weighted by molar-refractivity contribution is 5.84. The molecule has 2 saturated heterocycles. The van der Waals surface area contributed by atoms with Gasteiger partial charge in [-0.3, -0.25) is 4.79 Å². The van der Waals surface area contributed by atoms with Crippen LogP contribution in [0.4, 0.5) is 0 Å². The molecular weight excluding hydrogens is 300 g/mol. The van der Waals surface area contributed by atoms with Gasteiger partial charge in [-0.15, -0.1) is 0 Å². The van der Waals surface area contributed by atoms with E-state index in [1.54, 1.807) is 7.11 Å². The lowest BCUT2D eigenvalue weighted by Crippen LogP contribution is -2.47. The zero-order valence-corrected chi connectivity index (χ0v) is 14.8. The van der Waals surface area contributed by atoms with E-state index in [1.807, 2.05) is 18.2 Å². The van der Waals surface area contributed by atoms with Gasteiger partial charge in [0.05, 0.1) is 7.11 Å². The Morgan fingerprint density at radius 2 is 1.88 bits per heavy atom. The van der Waals surface area contributed by atoms with Gasteiger partial charge in [0.25, 0.3) is 0 Å². The van der Waals surface area contributed by atoms with Crippen molar-refractivity contribution in [3.63, 3.8) is 0 Å². The average molecular weight is 328 g/mol. The van der Waals surface area contributed by atoms with Crippen LogP contribution in [0.2, 0.25) is 0 Å². The number of carbonyl (C=O) groups excluding carboxylic acids is 1. The number of likely N-dealkylation sites (tertiary alicyclic amines) is 2. The van der Waals surface area contributed by atoms with Gasteiger partial charge in [-0.1, -0.05) is 18.2 Å². The summed E-state index contributed by atoms with van der Waals surface area (Å²) < 4.78 is 5.49. The predicted molar refractivity (Wildman–Crippen MR) is 94.2 cm³/mol. The van der Waals surface area contributed by atoms with E-state index in [4.69, 9.17) is 4.74 Å². The Hall–Kier alpha value is -1.55. The molecular formula is C20H28N2O2. The highest BCUT2D eigenvalue weighted by Gasteiger charge is 2.49. The van der Waals surface area contributed by atoms with Crippen molar-refractivity contribution in [1.29, 1.82) is 0 Å². The Labute approximate surface area is 144 Å². The number of nitrogens with zero attached hydrogens (tertiary/aromatic N) is 2. The molecule has 0 aromatic heterocycles. The second-order valence-electron chi connectivity index (χ2n) is 7.62. The number of amides is 1. The van der Waals surface area contributed by atoms with Crippen molar-refractivity contribution in [2.75, 3.05) is 27.2 Å². The topological polar surface area (TPSA) is 32.8 Å². The van der Waals surface area contributed by atoms with E-state index in [0.717, 1.165) is 25.1 Å². The minimum absolute atomic E-state index is 0.161. The summed E-state index contributed by atoms with van der Waals surface area (Å²) in [7, 11) is 3.93. The zero-order valence-electron chi connectivity index (χ0n) is 14.8. The van der Waals surface area contributed by atoms with Crippen molar-refractivity contribution >= 4 is 5.91 Å². The van der Waals surface area contributed by atoms with Gasteiger partial charge in [0.2, 0.25) is 5.91 Å². The minimum atomic E-state index is 0.161. The molecule has 3 aliphatic rings. The van der Waals surface area contributed by atoms with Crippen LogP contribution in [0.3, 0.4) is 0 Å². The number of ether oxygens (including phenoxy) is 1. The summed E-state index contributed by atoms with van der Waals surface area (Å²) in [5.74, 6) is 1.81. The van der Waals surface area contributed by atoms with Crippen molar-refractivity contribution in [1.82, 2.24) is 9.80 Å². The SMILES string of the molecule is COc1ccccc1[C@@H]1C[C@@H]1C(=O)N1CCC[C@H]1[C@H]1CCCN1C. The molecule has 0 unspecified atom stereocenters. The molecule has 0 radical (unpaired) electrons. The molecule has 1 saturated carbocycles. The first-order valence-corrected chi connectivity index (χ1v) is 9.34. The number of methoxy groups -OCH3 is 1. The molecule has 1 aromatic rings. The van der Waals surface area contributed by atoms with Gasteiger partial charge in [-0.2, -0.15) is 0 Å². The number of hydrogen-bond acceptors (Lipinski definition) is 3. The number of benzene rings is 1. The molecule has 1 amide bonds. The monoisotopic (exact) mass is 328 g/mol. The van der Waals surface area contributed by atoms with Gasteiger partial charge in [-0.05, 0) is 63.2 Å². The normalized spacial score (nSPS) is 33.0. The van der Waals surface area contributed by atoms with Crippen LogP contribution in [0.1, 0.15) is 43.6 Å². The van der Waals surface area contributed by atoms with Crippen LogP contribution in [0.25, 0.3) is 0 Å². The van der Waals surface area contributed by atoms with Crippen molar-refractivity contribution in [2.24, 2.45) is 5.92 Å². The maximum absolute atomic E-state index is 13.1. The minimum Gasteiger partial charge on any atom is -0.496 e. The lowest BCUT2D eigenvalue weighted by Gasteiger charge is -2.33. The van der Waals surface area contributed by atoms with Crippen molar-refractivity contribution in [2.45, 2.75) is 50.1 Å². The average Bonchev–Trinajstić information content (AvgIpc) is 3.04. The summed E-state index contributed by atoms with van der Waals surface area (Å²) >= 11 is 0. The summed E-state index contributed by atoms with van der Waals surface area (Å²) in [6.07, 6.45) is 5.82. The first kappa shape index (κ1) is 15.9. The Morgan fingerprint density at radius 1 is 1.12 bits per heavy atom. The van der Waals surface area contributed by atoms with Crippen LogP contribution >= 0.6 is 0 Å². The molecule has 24 heavy (non-hydrogen) atoms. The number of carbonyl (C=O) groups is 1. The van der Waals surface area contributed by atoms with Gasteiger partial charge >= 0.3 is 0 Å². The van der Waals surface area contributed by atoms with Crippen LogP contribution < -0.4 is 4.74 Å². The highest BCUT2D eigenvalue weighted by atomic mass is 16.5. The smallest absolute Gasteiger partial charge is 0.226 e. The molecule has 4 atom stereocenters. The number of likely N-dealkylation sites (N-methyl/N-ethyl adjacent to an activating group) is 1. The van der Waals surface area contributed by atoms with Crippen LogP contribution in [0, 0.1) is 5.92 Å². The van der Waals surface area contributed by atoms with E-state index in [9.17, 15) is 4.79 Å². The highest BCUT2D eigenvalue weighted by Crippen LogP contribution is 2.52. The van der Waals surface area contributed by atoms with E-state index < -0.39 is 0 Å². The van der Waals surface area contributed by atoms with E-state index in [0.29, 0.717) is 23.9 Å². The molecule has 0 bridgehead atoms. The van der Waals surface area contributed by atoms with Crippen molar-refractivity contribution < 1.29 is 9.53 Å². The number of hydrogen-bond donors (Lipinski definition) is 0. The molecule has 3 fully saturated rings. The molecule has 0 spiro atoms. The predicted octanol–water partition coefficient (Wildman–Crippen LogP) is 2.88. The quantitative estimate of drug-likeness (QED) is 0.852. The summed E-state index contributed by atoms with van der Waals surface area (Å²) in [5.41, 5.74) is 1.20. The van der Waals surface area contributed by atoms with Crippen LogP contribution in [-0.2, 0) is 4.79 Å². The van der Waals surface area contributed by atoms with Crippen LogP contribution in [0.5, 0.6) is 5.75 Å². The summed E-state index contributed by atoms with van der Waals surface area (Å²) in [4.78, 5) is 17.8. The standard InChI is InChI=1S/C20H28N2O2/c1-21-11-5-8-17(21)18-9-6-12-22(18)20(23)16-13-15(16)14-7-3-4-10-19(14)24-2/h3-4,7,10,15-18H,5-6,8-9,11-13H2,1-2H3/t15-,16-,17+,18-/m0/s1. The lowest BCUT2D eigenvalue weighted by atomic mass is 10.0. The summed E-state index contributed by atoms with van der Waals surface area (Å²) in [6, 6.07) is 9.16. The van der Waals surface area contributed by atoms with E-state index >= 15 is 0 Å². The molecule has 4 nitrogen and oxygen atoms in total. The molecule has 4 heteroatoms. The first-order valence-electron chi connectivity index (χ1n) is 9.34. The first-order chi connectivity index (χ1) is 11.7. The fraction of sp³-hybridized carbons (Fsp3) is 0.650. The van der Waals surface area contributed by atoms with Crippen molar-refractivity contribution in [3.8, 4) is 5.75 Å². The van der Waals surface area contributed by atoms with Gasteiger partial charge in [-0.25, -0.2) is 0 Å². The fourth-order valence-corrected chi connectivity index (χ4v) is 4.89. The van der Waals surface area contributed by atoms with E-state index in [-0.39, 0.29) is 5.92 Å². The lowest BCUT2D eigenvalue weighted by molar-refractivity contribution is -0.134. The van der Waals surface area contributed by atoms with Gasteiger partial charge in [0.1, 0.15) is 5.75 Å². The molecule has 1 aliphatic carbocycles. The fourth-order valence-electron chi connectivity index (χ4n) is 4.89. The largest absolute Gasteiger partial charge is 0.496 e. The van der Waals surface area contributed by atoms with Gasteiger partial charge < -0.3 is 14.5 Å². The molecule has 4 rings (SSSR count). The van der Waals surface area contributed by atoms with Crippen LogP contribution in [-0.4, -0.2) is 55.0 Å². The Balaban J connectivity index is 1.46. The third kappa shape index (κ3) is 2.71. The zero-order chi connectivity index (χ0) is 16.7. The Morgan fingerprint density at radius 3 is 2.62 bits per heavy atom. The summed E-state index contributed by atoms with van der Waals surface area (Å²) in [6.45, 7) is 2.12. The van der Waals surface area contributed by atoms with Gasteiger partial charge in [0, 0.05) is 24.5 Å². The molecule has 2 heterocycles. The second kappa shape index (κ2) is 6.40. The summed E-state index contributed by atoms with van der Waals surface area (Å²) in [5, 5.41) is 0. The third-order valence-electron chi connectivity index (χ3n) is 6.25. The maximum Gasteiger partial charge on any atom is 0.226 e. The number of para-hydroxylation sites is 1. The van der Waals surface area contributed by atoms with Gasteiger partial charge in [0.15, 0.2) is 0 Å². The molecule has 130 valence electrons. The Bertz CT molecular complexity index is 617. The number of rotatable bonds is 4. The maximum atomic E-state index is 13.1.